The molecule has 0 aliphatic heterocycles. The lowest BCUT2D eigenvalue weighted by atomic mass is 10.0. The van der Waals surface area contributed by atoms with Crippen molar-refractivity contribution in [1.29, 1.82) is 0 Å². The maximum absolute atomic E-state index is 12.6. The highest BCUT2D eigenvalue weighted by atomic mass is 79.9. The van der Waals surface area contributed by atoms with E-state index in [0.29, 0.717) is 5.75 Å². The molecule has 2 aromatic rings. The summed E-state index contributed by atoms with van der Waals surface area (Å²) < 4.78 is 13.5. The van der Waals surface area contributed by atoms with E-state index in [-0.39, 0.29) is 6.04 Å². The van der Waals surface area contributed by atoms with E-state index >= 15 is 0 Å². The highest BCUT2D eigenvalue weighted by Crippen LogP contribution is 2.24. The summed E-state index contributed by atoms with van der Waals surface area (Å²) in [4.78, 5) is 0.849. The predicted octanol–water partition coefficient (Wildman–Crippen LogP) is 4.13. The Morgan fingerprint density at radius 1 is 1.14 bits per heavy atom. The van der Waals surface area contributed by atoms with Crippen molar-refractivity contribution in [2.45, 2.75) is 24.8 Å². The fraction of sp³-hybridized carbons (Fsp3) is 0.294. The Kier molecular flexibility index (Phi) is 5.73. The van der Waals surface area contributed by atoms with E-state index in [1.807, 2.05) is 31.3 Å². The van der Waals surface area contributed by atoms with Crippen molar-refractivity contribution in [2.75, 3.05) is 12.8 Å². The van der Waals surface area contributed by atoms with Crippen molar-refractivity contribution in [1.82, 2.24) is 5.32 Å². The van der Waals surface area contributed by atoms with Gasteiger partial charge in [0.15, 0.2) is 0 Å². The van der Waals surface area contributed by atoms with Crippen LogP contribution in [0.3, 0.4) is 0 Å². The van der Waals surface area contributed by atoms with Gasteiger partial charge in [-0.2, -0.15) is 0 Å². The van der Waals surface area contributed by atoms with Crippen molar-refractivity contribution >= 4 is 26.7 Å². The first-order chi connectivity index (χ1) is 10.0. The highest BCUT2D eigenvalue weighted by Gasteiger charge is 2.16. The Hall–Kier alpha value is -0.970. The van der Waals surface area contributed by atoms with E-state index in [1.165, 1.54) is 16.7 Å². The molecule has 2 unspecified atom stereocenters. The summed E-state index contributed by atoms with van der Waals surface area (Å²) in [6.07, 6.45) is 0. The van der Waals surface area contributed by atoms with Crippen LogP contribution in [0.4, 0.5) is 0 Å². The first kappa shape index (κ1) is 16.4. The molecule has 0 amide bonds. The molecule has 4 heteroatoms. The average Bonchev–Trinajstić information content (AvgIpc) is 2.48. The molecule has 0 heterocycles. The van der Waals surface area contributed by atoms with Crippen LogP contribution in [0.5, 0.6) is 0 Å². The molecule has 2 atom stereocenters. The van der Waals surface area contributed by atoms with Crippen molar-refractivity contribution in [2.24, 2.45) is 0 Å². The fourth-order valence-electron chi connectivity index (χ4n) is 2.20. The zero-order valence-electron chi connectivity index (χ0n) is 12.5. The smallest absolute Gasteiger partial charge is 0.0560 e. The number of hydrogen-bond acceptors (Lipinski definition) is 2. The number of hydrogen-bond donors (Lipinski definition) is 1. The SMILES string of the molecule is CNC(CS(=O)c1ccccc1Br)c1ccc(C)c(C)c1. The Morgan fingerprint density at radius 2 is 1.86 bits per heavy atom. The van der Waals surface area contributed by atoms with Gasteiger partial charge < -0.3 is 5.32 Å². The zero-order chi connectivity index (χ0) is 15.4. The lowest BCUT2D eigenvalue weighted by Crippen LogP contribution is -2.23. The van der Waals surface area contributed by atoms with Crippen LogP contribution in [0.15, 0.2) is 51.8 Å². The van der Waals surface area contributed by atoms with Crippen LogP contribution in [0.2, 0.25) is 0 Å². The number of nitrogens with one attached hydrogen (secondary N) is 1. The van der Waals surface area contributed by atoms with E-state index in [9.17, 15) is 4.21 Å². The van der Waals surface area contributed by atoms with Crippen molar-refractivity contribution in [3.05, 3.63) is 63.6 Å². The molecule has 0 bridgehead atoms. The molecule has 0 aliphatic rings. The van der Waals surface area contributed by atoms with Crippen LogP contribution in [-0.4, -0.2) is 17.0 Å². The maximum Gasteiger partial charge on any atom is 0.0560 e. The van der Waals surface area contributed by atoms with Gasteiger partial charge in [0.1, 0.15) is 0 Å². The average molecular weight is 366 g/mol. The van der Waals surface area contributed by atoms with Gasteiger partial charge in [0.25, 0.3) is 0 Å². The first-order valence-corrected chi connectivity index (χ1v) is 9.01. The van der Waals surface area contributed by atoms with Gasteiger partial charge in [-0.25, -0.2) is 0 Å². The summed E-state index contributed by atoms with van der Waals surface area (Å²) in [5.41, 5.74) is 3.72. The lowest BCUT2D eigenvalue weighted by Gasteiger charge is -2.18. The Labute approximate surface area is 137 Å². The molecule has 0 aromatic heterocycles. The van der Waals surface area contributed by atoms with Crippen LogP contribution < -0.4 is 5.32 Å². The Bertz CT molecular complexity index is 657. The molecule has 2 rings (SSSR count). The molecule has 21 heavy (non-hydrogen) atoms. The highest BCUT2D eigenvalue weighted by molar-refractivity contribution is 9.10. The number of rotatable bonds is 5. The topological polar surface area (TPSA) is 29.1 Å². The number of aryl methyl sites for hydroxylation is 2. The summed E-state index contributed by atoms with van der Waals surface area (Å²) in [5.74, 6) is 0.557. The van der Waals surface area contributed by atoms with Gasteiger partial charge in [0.2, 0.25) is 0 Å². The first-order valence-electron chi connectivity index (χ1n) is 6.90. The molecule has 0 saturated heterocycles. The molecule has 1 N–H and O–H groups in total. The monoisotopic (exact) mass is 365 g/mol. The summed E-state index contributed by atoms with van der Waals surface area (Å²) in [6, 6.07) is 14.2. The summed E-state index contributed by atoms with van der Waals surface area (Å²) >= 11 is 3.47. The van der Waals surface area contributed by atoms with Gasteiger partial charge in [-0.05, 0) is 65.6 Å². The van der Waals surface area contributed by atoms with Gasteiger partial charge in [0.05, 0.1) is 15.7 Å². The molecule has 0 radical (unpaired) electrons. The van der Waals surface area contributed by atoms with Crippen LogP contribution in [0.25, 0.3) is 0 Å². The number of halogens is 1. The van der Waals surface area contributed by atoms with Gasteiger partial charge >= 0.3 is 0 Å². The molecule has 2 nitrogen and oxygen atoms in total. The lowest BCUT2D eigenvalue weighted by molar-refractivity contribution is 0.635. The van der Waals surface area contributed by atoms with Crippen LogP contribution >= 0.6 is 15.9 Å². The maximum atomic E-state index is 12.6. The zero-order valence-corrected chi connectivity index (χ0v) is 14.9. The predicted molar refractivity (Wildman–Crippen MR) is 93.1 cm³/mol. The second kappa shape index (κ2) is 7.34. The van der Waals surface area contributed by atoms with E-state index in [1.54, 1.807) is 0 Å². The Morgan fingerprint density at radius 3 is 2.48 bits per heavy atom. The van der Waals surface area contributed by atoms with E-state index in [4.69, 9.17) is 0 Å². The van der Waals surface area contributed by atoms with Crippen molar-refractivity contribution in [3.63, 3.8) is 0 Å². The fourth-order valence-corrected chi connectivity index (χ4v) is 4.38. The van der Waals surface area contributed by atoms with Gasteiger partial charge in [-0.3, -0.25) is 4.21 Å². The summed E-state index contributed by atoms with van der Waals surface area (Å²) in [7, 11) is 0.867. The van der Waals surface area contributed by atoms with E-state index in [0.717, 1.165) is 9.37 Å². The van der Waals surface area contributed by atoms with Crippen LogP contribution in [0.1, 0.15) is 22.7 Å². The third-order valence-corrected chi connectivity index (χ3v) is 6.12. The van der Waals surface area contributed by atoms with Crippen molar-refractivity contribution < 1.29 is 4.21 Å². The summed E-state index contributed by atoms with van der Waals surface area (Å²) in [5, 5.41) is 3.28. The minimum Gasteiger partial charge on any atom is -0.312 e. The minimum absolute atomic E-state index is 0.0808. The van der Waals surface area contributed by atoms with Crippen molar-refractivity contribution in [3.8, 4) is 0 Å². The molecule has 2 aromatic carbocycles. The molecule has 0 fully saturated rings. The second-order valence-electron chi connectivity index (χ2n) is 5.13. The summed E-state index contributed by atoms with van der Waals surface area (Å²) in [6.45, 7) is 4.21. The quantitative estimate of drug-likeness (QED) is 0.862. The molecule has 112 valence electrons. The Balaban J connectivity index is 2.21. The van der Waals surface area contributed by atoms with E-state index < -0.39 is 10.8 Å². The minimum atomic E-state index is -1.05. The van der Waals surface area contributed by atoms with Gasteiger partial charge in [-0.15, -0.1) is 0 Å². The normalized spacial score (nSPS) is 13.9. The molecule has 0 saturated carbocycles. The van der Waals surface area contributed by atoms with Gasteiger partial charge in [0, 0.05) is 16.3 Å². The van der Waals surface area contributed by atoms with E-state index in [2.05, 4.69) is 53.3 Å². The number of benzene rings is 2. The molecule has 0 spiro atoms. The van der Waals surface area contributed by atoms with Crippen LogP contribution in [0, 0.1) is 13.8 Å². The standard InChI is InChI=1S/C17H20BrNOS/c1-12-8-9-14(10-13(12)2)16(19-3)11-21(20)17-7-5-4-6-15(17)18/h4-10,16,19H,11H2,1-3H3. The molecule has 0 aliphatic carbocycles. The third-order valence-electron chi connectivity index (χ3n) is 3.68. The largest absolute Gasteiger partial charge is 0.312 e. The molecular formula is C17H20BrNOS. The third kappa shape index (κ3) is 4.02. The van der Waals surface area contributed by atoms with Crippen LogP contribution in [-0.2, 0) is 10.8 Å². The van der Waals surface area contributed by atoms with Gasteiger partial charge in [-0.1, -0.05) is 30.3 Å². The molecular weight excluding hydrogens is 346 g/mol. The second-order valence-corrected chi connectivity index (χ2v) is 7.45.